The van der Waals surface area contributed by atoms with Crippen LogP contribution < -0.4 is 10.9 Å². The molecule has 178 valence electrons. The van der Waals surface area contributed by atoms with Gasteiger partial charge in [-0.05, 0) is 31.5 Å². The van der Waals surface area contributed by atoms with Crippen LogP contribution in [0.15, 0.2) is 95.1 Å². The Balaban J connectivity index is 1.61. The van der Waals surface area contributed by atoms with E-state index in [0.717, 1.165) is 27.4 Å². The number of aryl methyl sites for hydroxylation is 2. The molecule has 2 heterocycles. The van der Waals surface area contributed by atoms with Crippen molar-refractivity contribution in [3.63, 3.8) is 0 Å². The van der Waals surface area contributed by atoms with Gasteiger partial charge in [0, 0.05) is 34.3 Å². The molecular weight excluding hydrogens is 468 g/mol. The molecular formula is C29H24N4O2S. The lowest BCUT2D eigenvalue weighted by Crippen LogP contribution is -2.32. The monoisotopic (exact) mass is 492 g/mol. The molecule has 0 atom stereocenters. The van der Waals surface area contributed by atoms with E-state index in [4.69, 9.17) is 0 Å². The summed E-state index contributed by atoms with van der Waals surface area (Å²) in [7, 11) is 0. The summed E-state index contributed by atoms with van der Waals surface area (Å²) in [6, 6.07) is 26.5. The molecule has 3 aromatic carbocycles. The molecule has 1 N–H and O–H groups in total. The Labute approximate surface area is 212 Å². The maximum atomic E-state index is 13.7. The predicted molar refractivity (Wildman–Crippen MR) is 145 cm³/mol. The summed E-state index contributed by atoms with van der Waals surface area (Å²) in [4.78, 5) is 31.7. The van der Waals surface area contributed by atoms with Gasteiger partial charge in [0.2, 0.25) is 0 Å². The molecule has 0 fully saturated rings. The molecule has 0 aliphatic carbocycles. The topological polar surface area (TPSA) is 76.9 Å². The lowest BCUT2D eigenvalue weighted by Gasteiger charge is -2.17. The van der Waals surface area contributed by atoms with Crippen LogP contribution in [0, 0.1) is 6.92 Å². The highest BCUT2D eigenvalue weighted by atomic mass is 32.1. The average Bonchev–Trinajstić information content (AvgIpc) is 3.36. The van der Waals surface area contributed by atoms with E-state index in [1.165, 1.54) is 4.68 Å². The molecule has 2 aromatic heterocycles. The summed E-state index contributed by atoms with van der Waals surface area (Å²) in [5.74, 6) is -0.474. The molecule has 0 unspecified atom stereocenters. The molecule has 0 aliphatic rings. The second-order valence-electron chi connectivity index (χ2n) is 8.23. The molecule has 5 rings (SSSR count). The molecule has 0 spiro atoms. The van der Waals surface area contributed by atoms with Crippen LogP contribution in [0.1, 0.15) is 22.3 Å². The largest absolute Gasteiger partial charge is 0.322 e. The third-order valence-electron chi connectivity index (χ3n) is 5.85. The van der Waals surface area contributed by atoms with Crippen LogP contribution in [0.5, 0.6) is 0 Å². The first-order chi connectivity index (χ1) is 17.5. The van der Waals surface area contributed by atoms with Crippen LogP contribution in [-0.4, -0.2) is 20.7 Å². The minimum Gasteiger partial charge on any atom is -0.322 e. The predicted octanol–water partition coefficient (Wildman–Crippen LogP) is 6.28. The van der Waals surface area contributed by atoms with Crippen molar-refractivity contribution in [3.05, 3.63) is 111 Å². The minimum absolute atomic E-state index is 0.0658. The van der Waals surface area contributed by atoms with Gasteiger partial charge < -0.3 is 5.32 Å². The Morgan fingerprint density at radius 2 is 1.53 bits per heavy atom. The molecule has 0 saturated carbocycles. The van der Waals surface area contributed by atoms with Crippen molar-refractivity contribution in [1.82, 2.24) is 14.8 Å². The van der Waals surface area contributed by atoms with E-state index in [2.05, 4.69) is 15.4 Å². The third-order valence-corrected chi connectivity index (χ3v) is 6.62. The highest BCUT2D eigenvalue weighted by molar-refractivity contribution is 7.09. The first kappa shape index (κ1) is 23.4. The second-order valence-corrected chi connectivity index (χ2v) is 9.30. The summed E-state index contributed by atoms with van der Waals surface area (Å²) in [5.41, 5.74) is 4.78. The first-order valence-corrected chi connectivity index (χ1v) is 12.5. The summed E-state index contributed by atoms with van der Waals surface area (Å²) in [6.45, 7) is 4.15. The van der Waals surface area contributed by atoms with E-state index in [0.29, 0.717) is 23.5 Å². The highest BCUT2D eigenvalue weighted by Crippen LogP contribution is 2.32. The average molecular weight is 493 g/mol. The van der Waals surface area contributed by atoms with Crippen LogP contribution in [0.2, 0.25) is 0 Å². The van der Waals surface area contributed by atoms with Gasteiger partial charge in [-0.25, -0.2) is 9.67 Å². The van der Waals surface area contributed by atoms with Crippen LogP contribution in [-0.2, 0) is 6.54 Å². The third kappa shape index (κ3) is 4.61. The van der Waals surface area contributed by atoms with Gasteiger partial charge in [0.1, 0.15) is 5.56 Å². The molecule has 7 heteroatoms. The van der Waals surface area contributed by atoms with Gasteiger partial charge in [-0.15, -0.1) is 11.3 Å². The maximum absolute atomic E-state index is 13.7. The fourth-order valence-corrected chi connectivity index (χ4v) is 4.72. The van der Waals surface area contributed by atoms with E-state index in [9.17, 15) is 9.59 Å². The number of hydrogen-bond acceptors (Lipinski definition) is 5. The van der Waals surface area contributed by atoms with Gasteiger partial charge in [-0.2, -0.15) is 5.10 Å². The Kier molecular flexibility index (Phi) is 6.56. The number of anilines is 1. The zero-order valence-electron chi connectivity index (χ0n) is 19.9. The maximum Gasteiger partial charge on any atom is 0.280 e. The summed E-state index contributed by atoms with van der Waals surface area (Å²) in [5, 5.41) is 10.6. The van der Waals surface area contributed by atoms with Crippen LogP contribution in [0.3, 0.4) is 0 Å². The second kappa shape index (κ2) is 10.1. The van der Waals surface area contributed by atoms with Gasteiger partial charge >= 0.3 is 0 Å². The molecule has 5 aromatic rings. The SMILES string of the molecule is CCn1nc(-c2ccccc2)c(-c2ccccc2)c(C(=O)Nc2ccc(-c3csc(C)n3)cc2)c1=O. The fourth-order valence-electron chi connectivity index (χ4n) is 4.09. The van der Waals surface area contributed by atoms with Crippen molar-refractivity contribution in [2.24, 2.45) is 0 Å². The Morgan fingerprint density at radius 1 is 0.889 bits per heavy atom. The number of hydrogen-bond donors (Lipinski definition) is 1. The Bertz CT molecular complexity index is 1570. The van der Waals surface area contributed by atoms with E-state index in [1.54, 1.807) is 11.3 Å². The van der Waals surface area contributed by atoms with E-state index in [-0.39, 0.29) is 5.56 Å². The Morgan fingerprint density at radius 3 is 2.11 bits per heavy atom. The molecule has 0 radical (unpaired) electrons. The van der Waals surface area contributed by atoms with Crippen molar-refractivity contribution < 1.29 is 4.79 Å². The molecule has 0 aliphatic heterocycles. The van der Waals surface area contributed by atoms with E-state index in [1.807, 2.05) is 104 Å². The van der Waals surface area contributed by atoms with Gasteiger partial charge in [-0.3, -0.25) is 9.59 Å². The smallest absolute Gasteiger partial charge is 0.280 e. The van der Waals surface area contributed by atoms with Crippen LogP contribution in [0.25, 0.3) is 33.6 Å². The first-order valence-electron chi connectivity index (χ1n) is 11.6. The fraction of sp³-hybridized carbons (Fsp3) is 0.103. The van der Waals surface area contributed by atoms with Crippen molar-refractivity contribution in [2.75, 3.05) is 5.32 Å². The number of thiazole rings is 1. The van der Waals surface area contributed by atoms with Gasteiger partial charge in [-0.1, -0.05) is 72.8 Å². The number of benzene rings is 3. The van der Waals surface area contributed by atoms with Crippen molar-refractivity contribution >= 4 is 22.9 Å². The molecule has 36 heavy (non-hydrogen) atoms. The number of nitrogens with zero attached hydrogens (tertiary/aromatic N) is 3. The highest BCUT2D eigenvalue weighted by Gasteiger charge is 2.25. The molecule has 0 saturated heterocycles. The molecule has 6 nitrogen and oxygen atoms in total. The van der Waals surface area contributed by atoms with Gasteiger partial charge in [0.25, 0.3) is 11.5 Å². The summed E-state index contributed by atoms with van der Waals surface area (Å²) >= 11 is 1.59. The number of carbonyl (C=O) groups excluding carboxylic acids is 1. The number of aromatic nitrogens is 3. The Hall–Kier alpha value is -4.36. The number of carbonyl (C=O) groups is 1. The van der Waals surface area contributed by atoms with E-state index < -0.39 is 11.5 Å². The van der Waals surface area contributed by atoms with Crippen molar-refractivity contribution in [2.45, 2.75) is 20.4 Å². The van der Waals surface area contributed by atoms with Crippen molar-refractivity contribution in [1.29, 1.82) is 0 Å². The number of rotatable bonds is 6. The zero-order valence-corrected chi connectivity index (χ0v) is 20.8. The lowest BCUT2D eigenvalue weighted by atomic mass is 9.95. The quantitative estimate of drug-likeness (QED) is 0.303. The summed E-state index contributed by atoms with van der Waals surface area (Å²) in [6.07, 6.45) is 0. The summed E-state index contributed by atoms with van der Waals surface area (Å²) < 4.78 is 1.34. The van der Waals surface area contributed by atoms with Gasteiger partial charge in [0.05, 0.1) is 16.4 Å². The number of amides is 1. The normalized spacial score (nSPS) is 10.8. The van der Waals surface area contributed by atoms with Gasteiger partial charge in [0.15, 0.2) is 0 Å². The number of nitrogens with one attached hydrogen (secondary N) is 1. The van der Waals surface area contributed by atoms with Crippen LogP contribution in [0.4, 0.5) is 5.69 Å². The van der Waals surface area contributed by atoms with Crippen LogP contribution >= 0.6 is 11.3 Å². The lowest BCUT2D eigenvalue weighted by molar-refractivity contribution is 0.102. The molecule has 1 amide bonds. The minimum atomic E-state index is -0.474. The molecule has 0 bridgehead atoms. The van der Waals surface area contributed by atoms with Crippen molar-refractivity contribution in [3.8, 4) is 33.6 Å². The van der Waals surface area contributed by atoms with E-state index >= 15 is 0 Å². The standard InChI is InChI=1S/C29H24N4O2S/c1-3-33-29(35)26(28(34)31-23-16-14-20(15-17-23)24-18-36-19(2)30-24)25(21-10-6-4-7-11-21)27(32-33)22-12-8-5-9-13-22/h4-18H,3H2,1-2H3,(H,31,34). The zero-order chi connectivity index (χ0) is 25.1.